The SMILES string of the molecule is CCNC(=O)c1cccc(NC(=O)C(N)c2cccs2)c1. The normalized spacial score (nSPS) is 11.7. The molecule has 2 amide bonds. The van der Waals surface area contributed by atoms with Crippen LogP contribution in [0.4, 0.5) is 5.69 Å². The summed E-state index contributed by atoms with van der Waals surface area (Å²) >= 11 is 1.43. The number of carbonyl (C=O) groups excluding carboxylic acids is 2. The molecule has 0 saturated carbocycles. The highest BCUT2D eigenvalue weighted by Crippen LogP contribution is 2.19. The van der Waals surface area contributed by atoms with Crippen LogP contribution in [0, 0.1) is 0 Å². The van der Waals surface area contributed by atoms with Crippen molar-refractivity contribution in [3.05, 3.63) is 52.2 Å². The van der Waals surface area contributed by atoms with Gasteiger partial charge in [0.15, 0.2) is 0 Å². The zero-order chi connectivity index (χ0) is 15.2. The Bertz CT molecular complexity index is 626. The Morgan fingerprint density at radius 1 is 1.29 bits per heavy atom. The van der Waals surface area contributed by atoms with E-state index in [0.717, 1.165) is 4.88 Å². The third-order valence-electron chi connectivity index (χ3n) is 2.86. The summed E-state index contributed by atoms with van der Waals surface area (Å²) < 4.78 is 0. The van der Waals surface area contributed by atoms with E-state index in [0.29, 0.717) is 17.8 Å². The minimum atomic E-state index is -0.710. The maximum atomic E-state index is 12.1. The molecule has 21 heavy (non-hydrogen) atoms. The molecule has 1 heterocycles. The Kier molecular flexibility index (Phi) is 5.08. The molecule has 0 bridgehead atoms. The van der Waals surface area contributed by atoms with Crippen molar-refractivity contribution in [2.24, 2.45) is 5.73 Å². The highest BCUT2D eigenvalue weighted by molar-refractivity contribution is 7.10. The summed E-state index contributed by atoms with van der Waals surface area (Å²) in [5, 5.41) is 7.32. The molecule has 0 radical (unpaired) electrons. The van der Waals surface area contributed by atoms with E-state index in [9.17, 15) is 9.59 Å². The molecule has 1 aromatic carbocycles. The second kappa shape index (κ2) is 7.01. The maximum Gasteiger partial charge on any atom is 0.251 e. The van der Waals surface area contributed by atoms with E-state index in [-0.39, 0.29) is 11.8 Å². The number of amides is 2. The van der Waals surface area contributed by atoms with Crippen molar-refractivity contribution < 1.29 is 9.59 Å². The third kappa shape index (κ3) is 3.90. The Labute approximate surface area is 127 Å². The van der Waals surface area contributed by atoms with Gasteiger partial charge in [0.1, 0.15) is 6.04 Å². The van der Waals surface area contributed by atoms with E-state index in [2.05, 4.69) is 10.6 Å². The zero-order valence-corrected chi connectivity index (χ0v) is 12.4. The lowest BCUT2D eigenvalue weighted by molar-refractivity contribution is -0.117. The summed E-state index contributed by atoms with van der Waals surface area (Å²) in [5.41, 5.74) is 6.95. The molecule has 6 heteroatoms. The average molecular weight is 303 g/mol. The highest BCUT2D eigenvalue weighted by atomic mass is 32.1. The maximum absolute atomic E-state index is 12.1. The number of rotatable bonds is 5. The summed E-state index contributed by atoms with van der Waals surface area (Å²) in [6, 6.07) is 9.73. The monoisotopic (exact) mass is 303 g/mol. The standard InChI is InChI=1S/C15H17N3O2S/c1-2-17-14(19)10-5-3-6-11(9-10)18-15(20)13(16)12-7-4-8-21-12/h3-9,13H,2,16H2,1H3,(H,17,19)(H,18,20). The second-order valence-electron chi connectivity index (χ2n) is 4.42. The first-order chi connectivity index (χ1) is 10.1. The molecular formula is C15H17N3O2S. The van der Waals surface area contributed by atoms with Crippen molar-refractivity contribution >= 4 is 28.8 Å². The van der Waals surface area contributed by atoms with Gasteiger partial charge < -0.3 is 16.4 Å². The predicted octanol–water partition coefficient (Wildman–Crippen LogP) is 2.14. The first-order valence-electron chi connectivity index (χ1n) is 6.60. The highest BCUT2D eigenvalue weighted by Gasteiger charge is 2.17. The fourth-order valence-electron chi connectivity index (χ4n) is 1.82. The van der Waals surface area contributed by atoms with Crippen LogP contribution in [0.3, 0.4) is 0 Å². The smallest absolute Gasteiger partial charge is 0.251 e. The van der Waals surface area contributed by atoms with Crippen LogP contribution in [0.15, 0.2) is 41.8 Å². The van der Waals surface area contributed by atoms with Crippen molar-refractivity contribution in [2.75, 3.05) is 11.9 Å². The molecule has 0 spiro atoms. The van der Waals surface area contributed by atoms with Crippen LogP contribution in [-0.2, 0) is 4.79 Å². The zero-order valence-electron chi connectivity index (χ0n) is 11.6. The Hall–Kier alpha value is -2.18. The molecule has 4 N–H and O–H groups in total. The fraction of sp³-hybridized carbons (Fsp3) is 0.200. The van der Waals surface area contributed by atoms with Crippen molar-refractivity contribution in [3.63, 3.8) is 0 Å². The van der Waals surface area contributed by atoms with Gasteiger partial charge in [-0.3, -0.25) is 9.59 Å². The van der Waals surface area contributed by atoms with Crippen LogP contribution in [0.2, 0.25) is 0 Å². The lowest BCUT2D eigenvalue weighted by Gasteiger charge is -2.11. The number of hydrogen-bond donors (Lipinski definition) is 3. The van der Waals surface area contributed by atoms with Crippen LogP contribution < -0.4 is 16.4 Å². The number of thiophene rings is 1. The molecule has 0 aliphatic carbocycles. The minimum absolute atomic E-state index is 0.170. The number of hydrogen-bond acceptors (Lipinski definition) is 4. The summed E-state index contributed by atoms with van der Waals surface area (Å²) in [7, 11) is 0. The third-order valence-corrected chi connectivity index (χ3v) is 3.82. The molecule has 1 atom stereocenters. The van der Waals surface area contributed by atoms with E-state index in [4.69, 9.17) is 5.73 Å². The molecule has 0 aliphatic rings. The molecular weight excluding hydrogens is 286 g/mol. The van der Waals surface area contributed by atoms with Gasteiger partial charge in [-0.25, -0.2) is 0 Å². The quantitative estimate of drug-likeness (QED) is 0.791. The molecule has 5 nitrogen and oxygen atoms in total. The van der Waals surface area contributed by atoms with Gasteiger partial charge in [-0.05, 0) is 36.6 Å². The number of nitrogens with one attached hydrogen (secondary N) is 2. The van der Waals surface area contributed by atoms with E-state index in [1.165, 1.54) is 11.3 Å². The first-order valence-corrected chi connectivity index (χ1v) is 7.48. The van der Waals surface area contributed by atoms with E-state index < -0.39 is 6.04 Å². The van der Waals surface area contributed by atoms with E-state index in [1.807, 2.05) is 24.4 Å². The Morgan fingerprint density at radius 3 is 2.76 bits per heavy atom. The number of benzene rings is 1. The summed E-state index contributed by atoms with van der Waals surface area (Å²) in [4.78, 5) is 24.6. The number of nitrogens with two attached hydrogens (primary N) is 1. The van der Waals surface area contributed by atoms with Gasteiger partial charge in [0.25, 0.3) is 5.91 Å². The minimum Gasteiger partial charge on any atom is -0.352 e. The lowest BCUT2D eigenvalue weighted by Crippen LogP contribution is -2.27. The van der Waals surface area contributed by atoms with Crippen molar-refractivity contribution in [3.8, 4) is 0 Å². The van der Waals surface area contributed by atoms with Gasteiger partial charge in [-0.1, -0.05) is 12.1 Å². The molecule has 1 unspecified atom stereocenters. The van der Waals surface area contributed by atoms with Gasteiger partial charge in [0.05, 0.1) is 0 Å². The number of anilines is 1. The average Bonchev–Trinajstić information content (AvgIpc) is 3.01. The van der Waals surface area contributed by atoms with E-state index in [1.54, 1.807) is 24.3 Å². The van der Waals surface area contributed by atoms with Crippen LogP contribution in [-0.4, -0.2) is 18.4 Å². The van der Waals surface area contributed by atoms with Crippen LogP contribution in [0.25, 0.3) is 0 Å². The van der Waals surface area contributed by atoms with Crippen LogP contribution >= 0.6 is 11.3 Å². The largest absolute Gasteiger partial charge is 0.352 e. The summed E-state index contributed by atoms with van der Waals surface area (Å²) in [6.07, 6.45) is 0. The van der Waals surface area contributed by atoms with E-state index >= 15 is 0 Å². The van der Waals surface area contributed by atoms with Crippen molar-refractivity contribution in [1.29, 1.82) is 0 Å². The van der Waals surface area contributed by atoms with Gasteiger partial charge in [0, 0.05) is 22.7 Å². The Morgan fingerprint density at radius 2 is 2.10 bits per heavy atom. The molecule has 1 aromatic heterocycles. The van der Waals surface area contributed by atoms with Crippen LogP contribution in [0.1, 0.15) is 28.2 Å². The molecule has 0 aliphatic heterocycles. The number of carbonyl (C=O) groups is 2. The van der Waals surface area contributed by atoms with Gasteiger partial charge in [-0.2, -0.15) is 0 Å². The first kappa shape index (κ1) is 15.2. The lowest BCUT2D eigenvalue weighted by atomic mass is 10.1. The van der Waals surface area contributed by atoms with Gasteiger partial charge in [0.2, 0.25) is 5.91 Å². The summed E-state index contributed by atoms with van der Waals surface area (Å²) in [5.74, 6) is -0.471. The molecule has 0 fully saturated rings. The summed E-state index contributed by atoms with van der Waals surface area (Å²) in [6.45, 7) is 2.41. The molecule has 0 saturated heterocycles. The molecule has 2 rings (SSSR count). The van der Waals surface area contributed by atoms with Crippen molar-refractivity contribution in [2.45, 2.75) is 13.0 Å². The second-order valence-corrected chi connectivity index (χ2v) is 5.40. The van der Waals surface area contributed by atoms with Crippen LogP contribution in [0.5, 0.6) is 0 Å². The van der Waals surface area contributed by atoms with Gasteiger partial charge >= 0.3 is 0 Å². The fourth-order valence-corrected chi connectivity index (χ4v) is 2.54. The molecule has 110 valence electrons. The molecule has 2 aromatic rings. The predicted molar refractivity (Wildman–Crippen MR) is 84.3 cm³/mol. The topological polar surface area (TPSA) is 84.2 Å². The van der Waals surface area contributed by atoms with Gasteiger partial charge in [-0.15, -0.1) is 11.3 Å². The Balaban J connectivity index is 2.07. The van der Waals surface area contributed by atoms with Crippen molar-refractivity contribution in [1.82, 2.24) is 5.32 Å².